The Bertz CT molecular complexity index is 338. The van der Waals surface area contributed by atoms with Gasteiger partial charge >= 0.3 is 0 Å². The zero-order chi connectivity index (χ0) is 13.5. The van der Waals surface area contributed by atoms with Crippen LogP contribution in [0.4, 0.5) is 0 Å². The summed E-state index contributed by atoms with van der Waals surface area (Å²) >= 11 is 0. The summed E-state index contributed by atoms with van der Waals surface area (Å²) in [5.74, 6) is 2.55. The van der Waals surface area contributed by atoms with Gasteiger partial charge < -0.3 is 5.32 Å². The molecule has 1 aliphatic carbocycles. The summed E-state index contributed by atoms with van der Waals surface area (Å²) in [6, 6.07) is 10.9. The van der Waals surface area contributed by atoms with Crippen LogP contribution in [0.2, 0.25) is 0 Å². The van der Waals surface area contributed by atoms with E-state index < -0.39 is 0 Å². The fraction of sp³-hybridized carbons (Fsp3) is 0.667. The molecule has 106 valence electrons. The molecule has 0 aromatic heterocycles. The highest BCUT2D eigenvalue weighted by molar-refractivity contribution is 5.19. The maximum Gasteiger partial charge on any atom is 0.00201 e. The number of benzene rings is 1. The molecule has 19 heavy (non-hydrogen) atoms. The number of rotatable bonds is 6. The van der Waals surface area contributed by atoms with E-state index in [4.69, 9.17) is 0 Å². The molecule has 1 nitrogen and oxygen atoms in total. The lowest BCUT2D eigenvalue weighted by molar-refractivity contribution is 0.280. The first-order chi connectivity index (χ1) is 9.29. The van der Waals surface area contributed by atoms with Crippen LogP contribution in [0.15, 0.2) is 30.3 Å². The second-order valence-corrected chi connectivity index (χ2v) is 6.30. The second kappa shape index (κ2) is 7.69. The Hall–Kier alpha value is -0.820. The van der Waals surface area contributed by atoms with Crippen LogP contribution in [0.25, 0.3) is 0 Å². The van der Waals surface area contributed by atoms with Crippen molar-refractivity contribution in [3.8, 4) is 0 Å². The van der Waals surface area contributed by atoms with E-state index >= 15 is 0 Å². The molecule has 1 fully saturated rings. The van der Waals surface area contributed by atoms with Gasteiger partial charge in [-0.3, -0.25) is 0 Å². The highest BCUT2D eigenvalue weighted by Crippen LogP contribution is 2.27. The summed E-state index contributed by atoms with van der Waals surface area (Å²) < 4.78 is 0. The molecule has 1 atom stereocenters. The molecule has 0 heterocycles. The van der Waals surface area contributed by atoms with Crippen molar-refractivity contribution in [1.29, 1.82) is 0 Å². The molecular formula is C18H29N. The topological polar surface area (TPSA) is 12.0 Å². The fourth-order valence-electron chi connectivity index (χ4n) is 3.22. The van der Waals surface area contributed by atoms with Crippen LogP contribution in [0.3, 0.4) is 0 Å². The molecule has 1 aromatic rings. The van der Waals surface area contributed by atoms with Crippen LogP contribution in [-0.2, 0) is 0 Å². The van der Waals surface area contributed by atoms with Gasteiger partial charge in [-0.2, -0.15) is 0 Å². The van der Waals surface area contributed by atoms with Crippen LogP contribution >= 0.6 is 0 Å². The first kappa shape index (κ1) is 14.6. The van der Waals surface area contributed by atoms with Crippen molar-refractivity contribution in [2.24, 2.45) is 11.8 Å². The molecule has 0 amide bonds. The number of hydrogen-bond donors (Lipinski definition) is 1. The van der Waals surface area contributed by atoms with Crippen molar-refractivity contribution < 1.29 is 0 Å². The third kappa shape index (κ3) is 4.65. The summed E-state index contributed by atoms with van der Waals surface area (Å²) in [6.45, 7) is 7.04. The highest BCUT2D eigenvalue weighted by Gasteiger charge is 2.18. The monoisotopic (exact) mass is 259 g/mol. The Kier molecular flexibility index (Phi) is 5.91. The predicted octanol–water partition coefficient (Wildman–Crippen LogP) is 4.60. The molecule has 1 saturated carbocycles. The van der Waals surface area contributed by atoms with Crippen molar-refractivity contribution in [3.05, 3.63) is 35.9 Å². The number of hydrogen-bond acceptors (Lipinski definition) is 1. The first-order valence-electron chi connectivity index (χ1n) is 8.05. The van der Waals surface area contributed by atoms with Gasteiger partial charge in [-0.25, -0.2) is 0 Å². The Morgan fingerprint density at radius 2 is 1.79 bits per heavy atom. The normalized spacial score (nSPS) is 25.2. The van der Waals surface area contributed by atoms with Gasteiger partial charge in [0.1, 0.15) is 0 Å². The average Bonchev–Trinajstić information content (AvgIpc) is 2.46. The van der Waals surface area contributed by atoms with Gasteiger partial charge in [0.2, 0.25) is 0 Å². The van der Waals surface area contributed by atoms with Crippen LogP contribution in [0.5, 0.6) is 0 Å². The van der Waals surface area contributed by atoms with Crippen LogP contribution in [-0.4, -0.2) is 13.1 Å². The molecule has 1 heteroatoms. The van der Waals surface area contributed by atoms with Gasteiger partial charge in [-0.1, -0.05) is 57.0 Å². The van der Waals surface area contributed by atoms with E-state index in [0.717, 1.165) is 18.4 Å². The lowest BCUT2D eigenvalue weighted by atomic mass is 9.83. The van der Waals surface area contributed by atoms with E-state index in [0.29, 0.717) is 5.92 Å². The quantitative estimate of drug-likeness (QED) is 0.787. The van der Waals surface area contributed by atoms with Crippen molar-refractivity contribution in [2.45, 2.75) is 51.9 Å². The van der Waals surface area contributed by atoms with E-state index in [1.54, 1.807) is 0 Å². The molecule has 0 aliphatic heterocycles. The van der Waals surface area contributed by atoms with Gasteiger partial charge in [-0.05, 0) is 49.1 Å². The second-order valence-electron chi connectivity index (χ2n) is 6.30. The largest absolute Gasteiger partial charge is 0.316 e. The molecule has 1 aromatic carbocycles. The Morgan fingerprint density at radius 3 is 2.42 bits per heavy atom. The highest BCUT2D eigenvalue weighted by atomic mass is 14.9. The van der Waals surface area contributed by atoms with E-state index in [-0.39, 0.29) is 0 Å². The fourth-order valence-corrected chi connectivity index (χ4v) is 3.22. The summed E-state index contributed by atoms with van der Waals surface area (Å²) in [5, 5.41) is 3.72. The van der Waals surface area contributed by atoms with Crippen LogP contribution in [0.1, 0.15) is 57.4 Å². The molecule has 0 bridgehead atoms. The minimum Gasteiger partial charge on any atom is -0.316 e. The molecular weight excluding hydrogens is 230 g/mol. The van der Waals surface area contributed by atoms with E-state index in [1.165, 1.54) is 44.2 Å². The SMILES string of the molecule is CCC(CNCC1CCC(C)CC1)c1ccccc1. The molecule has 1 N–H and O–H groups in total. The molecule has 1 aliphatic rings. The Morgan fingerprint density at radius 1 is 1.11 bits per heavy atom. The predicted molar refractivity (Wildman–Crippen MR) is 83.5 cm³/mol. The van der Waals surface area contributed by atoms with E-state index in [1.807, 2.05) is 0 Å². The number of nitrogens with one attached hydrogen (secondary N) is 1. The maximum atomic E-state index is 3.72. The van der Waals surface area contributed by atoms with E-state index in [2.05, 4.69) is 49.5 Å². The van der Waals surface area contributed by atoms with Crippen molar-refractivity contribution >= 4 is 0 Å². The van der Waals surface area contributed by atoms with Gasteiger partial charge in [0.05, 0.1) is 0 Å². The smallest absolute Gasteiger partial charge is 0.00201 e. The van der Waals surface area contributed by atoms with E-state index in [9.17, 15) is 0 Å². The summed E-state index contributed by atoms with van der Waals surface area (Å²) in [7, 11) is 0. The minimum absolute atomic E-state index is 0.670. The van der Waals surface area contributed by atoms with Gasteiger partial charge in [0.15, 0.2) is 0 Å². The van der Waals surface area contributed by atoms with Crippen molar-refractivity contribution in [2.75, 3.05) is 13.1 Å². The maximum absolute atomic E-state index is 3.72. The summed E-state index contributed by atoms with van der Waals surface area (Å²) in [4.78, 5) is 0. The van der Waals surface area contributed by atoms with Crippen molar-refractivity contribution in [1.82, 2.24) is 5.32 Å². The Labute approximate surface area is 118 Å². The average molecular weight is 259 g/mol. The standard InChI is InChI=1S/C18H29N/c1-3-17(18-7-5-4-6-8-18)14-19-13-16-11-9-15(2)10-12-16/h4-8,15-17,19H,3,9-14H2,1-2H3. The van der Waals surface area contributed by atoms with Gasteiger partial charge in [0, 0.05) is 6.54 Å². The lowest BCUT2D eigenvalue weighted by Crippen LogP contribution is -2.29. The van der Waals surface area contributed by atoms with Gasteiger partial charge in [0.25, 0.3) is 0 Å². The summed E-state index contributed by atoms with van der Waals surface area (Å²) in [6.07, 6.45) is 6.94. The molecule has 0 saturated heterocycles. The summed E-state index contributed by atoms with van der Waals surface area (Å²) in [5.41, 5.74) is 1.48. The zero-order valence-corrected chi connectivity index (χ0v) is 12.6. The van der Waals surface area contributed by atoms with Crippen LogP contribution < -0.4 is 5.32 Å². The third-order valence-electron chi connectivity index (χ3n) is 4.72. The molecule has 2 rings (SSSR count). The molecule has 1 unspecified atom stereocenters. The zero-order valence-electron chi connectivity index (χ0n) is 12.6. The third-order valence-corrected chi connectivity index (χ3v) is 4.72. The Balaban J connectivity index is 1.72. The minimum atomic E-state index is 0.670. The van der Waals surface area contributed by atoms with Crippen LogP contribution in [0, 0.1) is 11.8 Å². The van der Waals surface area contributed by atoms with Crippen molar-refractivity contribution in [3.63, 3.8) is 0 Å². The lowest BCUT2D eigenvalue weighted by Gasteiger charge is -2.27. The molecule has 0 spiro atoms. The van der Waals surface area contributed by atoms with Gasteiger partial charge in [-0.15, -0.1) is 0 Å². The first-order valence-corrected chi connectivity index (χ1v) is 8.05. The molecule has 0 radical (unpaired) electrons.